The molecule has 1 amide bonds. The minimum Gasteiger partial charge on any atom is -0.352 e. The summed E-state index contributed by atoms with van der Waals surface area (Å²) >= 11 is 5.81. The number of nitrogens with zero attached hydrogens (tertiary/aromatic N) is 2. The standard InChI is InChI=1S/C13H13ClFN3O/c14-10-3-1-4-11(15)12(10)13(19)17-5-2-7-18-8-6-16-9-18/h1,3-4,6,8-9H,2,5,7H2,(H,17,19). The minimum absolute atomic E-state index is 0.105. The van der Waals surface area contributed by atoms with Gasteiger partial charge >= 0.3 is 0 Å². The summed E-state index contributed by atoms with van der Waals surface area (Å²) in [5.41, 5.74) is -0.105. The van der Waals surface area contributed by atoms with Crippen LogP contribution < -0.4 is 5.32 Å². The van der Waals surface area contributed by atoms with Crippen LogP contribution in [-0.4, -0.2) is 22.0 Å². The normalized spacial score (nSPS) is 10.4. The van der Waals surface area contributed by atoms with Crippen LogP contribution in [0, 0.1) is 5.82 Å². The zero-order valence-corrected chi connectivity index (χ0v) is 10.9. The molecule has 0 radical (unpaired) electrons. The molecule has 0 spiro atoms. The lowest BCUT2D eigenvalue weighted by atomic mass is 10.2. The maximum absolute atomic E-state index is 13.5. The van der Waals surface area contributed by atoms with Crippen LogP contribution in [0.25, 0.3) is 0 Å². The molecule has 2 aromatic rings. The summed E-state index contributed by atoms with van der Waals surface area (Å²) in [5.74, 6) is -1.10. The van der Waals surface area contributed by atoms with Gasteiger partial charge in [0.05, 0.1) is 16.9 Å². The third-order valence-electron chi connectivity index (χ3n) is 2.63. The molecule has 0 aliphatic rings. The first-order chi connectivity index (χ1) is 9.18. The van der Waals surface area contributed by atoms with Crippen molar-refractivity contribution in [2.24, 2.45) is 0 Å². The predicted octanol–water partition coefficient (Wildman–Crippen LogP) is 2.50. The molecule has 0 aliphatic heterocycles. The topological polar surface area (TPSA) is 46.9 Å². The number of nitrogens with one attached hydrogen (secondary N) is 1. The fourth-order valence-electron chi connectivity index (χ4n) is 1.69. The minimum atomic E-state index is -0.611. The van der Waals surface area contributed by atoms with Crippen LogP contribution in [0.5, 0.6) is 0 Å². The first kappa shape index (κ1) is 13.5. The van der Waals surface area contributed by atoms with E-state index in [2.05, 4.69) is 10.3 Å². The quantitative estimate of drug-likeness (QED) is 0.856. The molecule has 0 fully saturated rings. The number of hydrogen-bond acceptors (Lipinski definition) is 2. The van der Waals surface area contributed by atoms with E-state index in [0.29, 0.717) is 6.54 Å². The smallest absolute Gasteiger partial charge is 0.255 e. The number of rotatable bonds is 5. The van der Waals surface area contributed by atoms with Crippen molar-refractivity contribution in [2.75, 3.05) is 6.54 Å². The largest absolute Gasteiger partial charge is 0.352 e. The number of hydrogen-bond donors (Lipinski definition) is 1. The average molecular weight is 282 g/mol. The Bertz CT molecular complexity index is 537. The third kappa shape index (κ3) is 3.54. The summed E-state index contributed by atoms with van der Waals surface area (Å²) in [6.07, 6.45) is 5.97. The van der Waals surface area contributed by atoms with Gasteiger partial charge in [-0.2, -0.15) is 0 Å². The van der Waals surface area contributed by atoms with E-state index in [1.165, 1.54) is 18.2 Å². The van der Waals surface area contributed by atoms with Crippen molar-refractivity contribution < 1.29 is 9.18 Å². The molecule has 4 nitrogen and oxygen atoms in total. The van der Waals surface area contributed by atoms with Gasteiger partial charge in [0, 0.05) is 25.5 Å². The Balaban J connectivity index is 1.84. The number of aromatic nitrogens is 2. The van der Waals surface area contributed by atoms with E-state index >= 15 is 0 Å². The van der Waals surface area contributed by atoms with Gasteiger partial charge in [-0.05, 0) is 18.6 Å². The SMILES string of the molecule is O=C(NCCCn1ccnc1)c1c(F)cccc1Cl. The summed E-state index contributed by atoms with van der Waals surface area (Å²) in [6, 6.07) is 4.17. The number of aryl methyl sites for hydroxylation is 1. The van der Waals surface area contributed by atoms with Gasteiger partial charge in [-0.25, -0.2) is 9.37 Å². The molecule has 0 atom stereocenters. The van der Waals surface area contributed by atoms with E-state index in [1.807, 2.05) is 10.8 Å². The molecule has 2 rings (SSSR count). The first-order valence-electron chi connectivity index (χ1n) is 5.86. The van der Waals surface area contributed by atoms with Gasteiger partial charge in [0.15, 0.2) is 0 Å². The van der Waals surface area contributed by atoms with Crippen LogP contribution >= 0.6 is 11.6 Å². The van der Waals surface area contributed by atoms with Crippen molar-refractivity contribution >= 4 is 17.5 Å². The molecule has 1 aromatic carbocycles. The number of carbonyl (C=O) groups excluding carboxylic acids is 1. The van der Waals surface area contributed by atoms with Crippen LogP contribution in [0.2, 0.25) is 5.02 Å². The van der Waals surface area contributed by atoms with E-state index < -0.39 is 11.7 Å². The Labute approximate surface area is 115 Å². The summed E-state index contributed by atoms with van der Waals surface area (Å²) in [6.45, 7) is 1.19. The summed E-state index contributed by atoms with van der Waals surface area (Å²) < 4.78 is 15.4. The molecular formula is C13H13ClFN3O. The fourth-order valence-corrected chi connectivity index (χ4v) is 1.93. The van der Waals surface area contributed by atoms with Gasteiger partial charge < -0.3 is 9.88 Å². The molecule has 0 saturated heterocycles. The Morgan fingerprint density at radius 1 is 1.47 bits per heavy atom. The molecule has 1 N–H and O–H groups in total. The van der Waals surface area contributed by atoms with Crippen LogP contribution in [0.1, 0.15) is 16.8 Å². The predicted molar refractivity (Wildman–Crippen MR) is 70.6 cm³/mol. The van der Waals surface area contributed by atoms with Gasteiger partial charge in [0.1, 0.15) is 5.82 Å². The van der Waals surface area contributed by atoms with E-state index in [-0.39, 0.29) is 10.6 Å². The van der Waals surface area contributed by atoms with Crippen molar-refractivity contribution in [3.63, 3.8) is 0 Å². The lowest BCUT2D eigenvalue weighted by Crippen LogP contribution is -2.26. The number of amides is 1. The van der Waals surface area contributed by atoms with Gasteiger partial charge in [0.2, 0.25) is 0 Å². The molecule has 6 heteroatoms. The average Bonchev–Trinajstić information content (AvgIpc) is 2.87. The number of carbonyl (C=O) groups is 1. The van der Waals surface area contributed by atoms with E-state index in [4.69, 9.17) is 11.6 Å². The highest BCUT2D eigenvalue weighted by Gasteiger charge is 2.14. The number of imidazole rings is 1. The van der Waals surface area contributed by atoms with E-state index in [9.17, 15) is 9.18 Å². The van der Waals surface area contributed by atoms with Crippen LogP contribution in [0.15, 0.2) is 36.9 Å². The Morgan fingerprint density at radius 2 is 2.32 bits per heavy atom. The summed E-state index contributed by atoms with van der Waals surface area (Å²) in [4.78, 5) is 15.7. The second kappa shape index (κ2) is 6.33. The lowest BCUT2D eigenvalue weighted by molar-refractivity contribution is 0.0949. The maximum Gasteiger partial charge on any atom is 0.255 e. The van der Waals surface area contributed by atoms with Crippen molar-refractivity contribution in [1.82, 2.24) is 14.9 Å². The Hall–Kier alpha value is -1.88. The zero-order valence-electron chi connectivity index (χ0n) is 10.1. The van der Waals surface area contributed by atoms with Gasteiger partial charge in [0.25, 0.3) is 5.91 Å². The zero-order chi connectivity index (χ0) is 13.7. The van der Waals surface area contributed by atoms with Crippen molar-refractivity contribution in [1.29, 1.82) is 0 Å². The van der Waals surface area contributed by atoms with Crippen molar-refractivity contribution in [3.05, 3.63) is 53.3 Å². The number of benzene rings is 1. The summed E-state index contributed by atoms with van der Waals surface area (Å²) in [5, 5.41) is 2.76. The molecule has 100 valence electrons. The third-order valence-corrected chi connectivity index (χ3v) is 2.94. The Kier molecular flexibility index (Phi) is 4.52. The first-order valence-corrected chi connectivity index (χ1v) is 6.24. The monoisotopic (exact) mass is 281 g/mol. The molecule has 0 bridgehead atoms. The highest BCUT2D eigenvalue weighted by Crippen LogP contribution is 2.18. The van der Waals surface area contributed by atoms with Crippen molar-refractivity contribution in [2.45, 2.75) is 13.0 Å². The number of halogens is 2. The van der Waals surface area contributed by atoms with Crippen molar-refractivity contribution in [3.8, 4) is 0 Å². The maximum atomic E-state index is 13.5. The second-order valence-corrected chi connectivity index (χ2v) is 4.41. The fraction of sp³-hybridized carbons (Fsp3) is 0.231. The van der Waals surface area contributed by atoms with Crippen LogP contribution in [0.3, 0.4) is 0 Å². The van der Waals surface area contributed by atoms with Gasteiger partial charge in [-0.1, -0.05) is 17.7 Å². The van der Waals surface area contributed by atoms with Gasteiger partial charge in [-0.15, -0.1) is 0 Å². The molecule has 0 aliphatic carbocycles. The lowest BCUT2D eigenvalue weighted by Gasteiger charge is -2.07. The van der Waals surface area contributed by atoms with E-state index in [0.717, 1.165) is 13.0 Å². The summed E-state index contributed by atoms with van der Waals surface area (Å²) in [7, 11) is 0. The highest BCUT2D eigenvalue weighted by molar-refractivity contribution is 6.33. The molecule has 1 heterocycles. The highest BCUT2D eigenvalue weighted by atomic mass is 35.5. The van der Waals surface area contributed by atoms with Gasteiger partial charge in [-0.3, -0.25) is 4.79 Å². The molecule has 19 heavy (non-hydrogen) atoms. The molecule has 1 aromatic heterocycles. The van der Waals surface area contributed by atoms with Crippen LogP contribution in [0.4, 0.5) is 4.39 Å². The molecule has 0 saturated carbocycles. The molecular weight excluding hydrogens is 269 g/mol. The Morgan fingerprint density at radius 3 is 3.00 bits per heavy atom. The van der Waals surface area contributed by atoms with Crippen LogP contribution in [-0.2, 0) is 6.54 Å². The molecule has 0 unspecified atom stereocenters. The second-order valence-electron chi connectivity index (χ2n) is 4.01. The van der Waals surface area contributed by atoms with E-state index in [1.54, 1.807) is 12.5 Å².